The maximum absolute atomic E-state index is 11.3. The molecule has 0 aliphatic carbocycles. The van der Waals surface area contributed by atoms with Gasteiger partial charge in [0.05, 0.1) is 14.2 Å². The number of methoxy groups -OCH3 is 2. The number of nitrogens with zero attached hydrogens (tertiary/aromatic N) is 1. The molecule has 0 atom stereocenters. The van der Waals surface area contributed by atoms with Gasteiger partial charge in [0, 0.05) is 18.5 Å². The van der Waals surface area contributed by atoms with Crippen LogP contribution in [-0.4, -0.2) is 38.2 Å². The van der Waals surface area contributed by atoms with Gasteiger partial charge in [-0.05, 0) is 37.9 Å². The molecule has 0 spiro atoms. The zero-order chi connectivity index (χ0) is 14.4. The maximum Gasteiger partial charge on any atom is 0.305 e. The Morgan fingerprint density at radius 2 is 1.95 bits per heavy atom. The lowest BCUT2D eigenvalue weighted by Gasteiger charge is -2.31. The fourth-order valence-corrected chi connectivity index (χ4v) is 2.74. The van der Waals surface area contributed by atoms with E-state index in [-0.39, 0.29) is 5.97 Å². The highest BCUT2D eigenvalue weighted by Crippen LogP contribution is 2.25. The molecule has 1 heterocycles. The van der Waals surface area contributed by atoms with Crippen LogP contribution < -0.4 is 4.74 Å². The van der Waals surface area contributed by atoms with Gasteiger partial charge in [-0.15, -0.1) is 0 Å². The quantitative estimate of drug-likeness (QED) is 0.775. The lowest BCUT2D eigenvalue weighted by molar-refractivity contribution is -0.142. The Hall–Kier alpha value is -1.55. The molecule has 2 rings (SSSR count). The molecule has 20 heavy (non-hydrogen) atoms. The van der Waals surface area contributed by atoms with E-state index in [1.807, 2.05) is 18.2 Å². The van der Waals surface area contributed by atoms with Crippen LogP contribution in [0.15, 0.2) is 24.3 Å². The molecule has 1 aliphatic rings. The van der Waals surface area contributed by atoms with Gasteiger partial charge in [0.25, 0.3) is 0 Å². The standard InChI is InChI=1S/C16H23NO3/c1-19-15-6-4-3-5-14(15)12-17-9-7-13(8-10-17)11-16(18)20-2/h3-6,13H,7-12H2,1-2H3. The Kier molecular flexibility index (Phi) is 5.41. The summed E-state index contributed by atoms with van der Waals surface area (Å²) >= 11 is 0. The number of rotatable bonds is 5. The van der Waals surface area contributed by atoms with E-state index >= 15 is 0 Å². The van der Waals surface area contributed by atoms with Crippen LogP contribution in [0.25, 0.3) is 0 Å². The largest absolute Gasteiger partial charge is 0.496 e. The van der Waals surface area contributed by atoms with Gasteiger partial charge in [0.1, 0.15) is 5.75 Å². The van der Waals surface area contributed by atoms with Crippen LogP contribution in [0.4, 0.5) is 0 Å². The molecular weight excluding hydrogens is 254 g/mol. The molecule has 0 bridgehead atoms. The van der Waals surface area contributed by atoms with E-state index in [9.17, 15) is 4.79 Å². The molecule has 0 unspecified atom stereocenters. The smallest absolute Gasteiger partial charge is 0.305 e. The van der Waals surface area contributed by atoms with Crippen molar-refractivity contribution in [2.45, 2.75) is 25.8 Å². The van der Waals surface area contributed by atoms with Crippen molar-refractivity contribution >= 4 is 5.97 Å². The van der Waals surface area contributed by atoms with Crippen LogP contribution in [0.2, 0.25) is 0 Å². The van der Waals surface area contributed by atoms with E-state index in [0.29, 0.717) is 12.3 Å². The van der Waals surface area contributed by atoms with Gasteiger partial charge in [-0.1, -0.05) is 18.2 Å². The highest BCUT2D eigenvalue weighted by Gasteiger charge is 2.22. The average Bonchev–Trinajstić information content (AvgIpc) is 2.49. The van der Waals surface area contributed by atoms with Gasteiger partial charge >= 0.3 is 5.97 Å². The van der Waals surface area contributed by atoms with E-state index < -0.39 is 0 Å². The number of benzene rings is 1. The van der Waals surface area contributed by atoms with Crippen molar-refractivity contribution in [3.63, 3.8) is 0 Å². The zero-order valence-corrected chi connectivity index (χ0v) is 12.3. The predicted octanol–water partition coefficient (Wildman–Crippen LogP) is 2.47. The first-order chi connectivity index (χ1) is 9.72. The number of para-hydroxylation sites is 1. The van der Waals surface area contributed by atoms with Crippen molar-refractivity contribution in [1.29, 1.82) is 0 Å². The second kappa shape index (κ2) is 7.29. The summed E-state index contributed by atoms with van der Waals surface area (Å²) < 4.78 is 10.1. The van der Waals surface area contributed by atoms with Gasteiger partial charge in [-0.25, -0.2) is 0 Å². The molecular formula is C16H23NO3. The van der Waals surface area contributed by atoms with E-state index in [1.54, 1.807) is 7.11 Å². The minimum atomic E-state index is -0.0896. The highest BCUT2D eigenvalue weighted by atomic mass is 16.5. The maximum atomic E-state index is 11.3. The third kappa shape index (κ3) is 3.97. The summed E-state index contributed by atoms with van der Waals surface area (Å²) in [4.78, 5) is 13.7. The Morgan fingerprint density at radius 1 is 1.25 bits per heavy atom. The number of hydrogen-bond acceptors (Lipinski definition) is 4. The molecule has 1 aromatic carbocycles. The molecule has 0 radical (unpaired) electrons. The first-order valence-corrected chi connectivity index (χ1v) is 7.14. The predicted molar refractivity (Wildman–Crippen MR) is 77.6 cm³/mol. The van der Waals surface area contributed by atoms with Crippen molar-refractivity contribution in [3.05, 3.63) is 29.8 Å². The summed E-state index contributed by atoms with van der Waals surface area (Å²) in [6, 6.07) is 8.14. The van der Waals surface area contributed by atoms with Crippen LogP contribution in [0.1, 0.15) is 24.8 Å². The monoisotopic (exact) mass is 277 g/mol. The fraction of sp³-hybridized carbons (Fsp3) is 0.562. The highest BCUT2D eigenvalue weighted by molar-refractivity contribution is 5.69. The normalized spacial score (nSPS) is 16.9. The molecule has 0 saturated carbocycles. The molecule has 1 fully saturated rings. The molecule has 1 saturated heterocycles. The van der Waals surface area contributed by atoms with E-state index in [0.717, 1.165) is 38.2 Å². The third-order valence-electron chi connectivity index (χ3n) is 3.98. The van der Waals surface area contributed by atoms with Crippen LogP contribution in [0.5, 0.6) is 5.75 Å². The summed E-state index contributed by atoms with van der Waals surface area (Å²) in [6.07, 6.45) is 2.67. The summed E-state index contributed by atoms with van der Waals surface area (Å²) in [5.74, 6) is 1.33. The van der Waals surface area contributed by atoms with Crippen molar-refractivity contribution < 1.29 is 14.3 Å². The number of esters is 1. The number of likely N-dealkylation sites (tertiary alicyclic amines) is 1. The Bertz CT molecular complexity index is 439. The van der Waals surface area contributed by atoms with Crippen LogP contribution >= 0.6 is 0 Å². The van der Waals surface area contributed by atoms with Crippen molar-refractivity contribution in [2.75, 3.05) is 27.3 Å². The molecule has 0 aromatic heterocycles. The Labute approximate surface area is 120 Å². The van der Waals surface area contributed by atoms with Gasteiger partial charge < -0.3 is 9.47 Å². The van der Waals surface area contributed by atoms with Crippen LogP contribution in [0, 0.1) is 5.92 Å². The summed E-state index contributed by atoms with van der Waals surface area (Å²) in [7, 11) is 3.17. The second-order valence-electron chi connectivity index (χ2n) is 5.31. The van der Waals surface area contributed by atoms with Crippen molar-refractivity contribution in [2.24, 2.45) is 5.92 Å². The van der Waals surface area contributed by atoms with Crippen molar-refractivity contribution in [1.82, 2.24) is 4.90 Å². The Balaban J connectivity index is 1.84. The zero-order valence-electron chi connectivity index (χ0n) is 12.3. The Morgan fingerprint density at radius 3 is 2.60 bits per heavy atom. The minimum Gasteiger partial charge on any atom is -0.496 e. The lowest BCUT2D eigenvalue weighted by Crippen LogP contribution is -2.34. The number of carbonyl (C=O) groups is 1. The summed E-state index contributed by atoms with van der Waals surface area (Å²) in [5.41, 5.74) is 1.22. The second-order valence-corrected chi connectivity index (χ2v) is 5.31. The minimum absolute atomic E-state index is 0.0896. The topological polar surface area (TPSA) is 38.8 Å². The van der Waals surface area contributed by atoms with Gasteiger partial charge in [0.2, 0.25) is 0 Å². The molecule has 0 amide bonds. The number of carbonyl (C=O) groups excluding carboxylic acids is 1. The molecule has 0 N–H and O–H groups in total. The van der Waals surface area contributed by atoms with E-state index in [1.165, 1.54) is 12.7 Å². The SMILES string of the molecule is COC(=O)CC1CCN(Cc2ccccc2OC)CC1. The van der Waals surface area contributed by atoms with E-state index in [2.05, 4.69) is 11.0 Å². The van der Waals surface area contributed by atoms with Crippen LogP contribution in [0.3, 0.4) is 0 Å². The molecule has 1 aliphatic heterocycles. The van der Waals surface area contributed by atoms with Crippen LogP contribution in [-0.2, 0) is 16.1 Å². The van der Waals surface area contributed by atoms with Gasteiger partial charge in [-0.3, -0.25) is 9.69 Å². The first kappa shape index (κ1) is 14.9. The third-order valence-corrected chi connectivity index (χ3v) is 3.98. The number of hydrogen-bond donors (Lipinski definition) is 0. The van der Waals surface area contributed by atoms with Crippen molar-refractivity contribution in [3.8, 4) is 5.75 Å². The number of piperidine rings is 1. The number of ether oxygens (including phenoxy) is 2. The summed E-state index contributed by atoms with van der Waals surface area (Å²) in [6.45, 7) is 2.97. The van der Waals surface area contributed by atoms with E-state index in [4.69, 9.17) is 9.47 Å². The summed E-state index contributed by atoms with van der Waals surface area (Å²) in [5, 5.41) is 0. The first-order valence-electron chi connectivity index (χ1n) is 7.14. The lowest BCUT2D eigenvalue weighted by atomic mass is 9.93. The average molecular weight is 277 g/mol. The molecule has 4 nitrogen and oxygen atoms in total. The van der Waals surface area contributed by atoms with Gasteiger partial charge in [-0.2, -0.15) is 0 Å². The molecule has 110 valence electrons. The fourth-order valence-electron chi connectivity index (χ4n) is 2.74. The molecule has 4 heteroatoms. The molecule has 1 aromatic rings. The van der Waals surface area contributed by atoms with Gasteiger partial charge in [0.15, 0.2) is 0 Å².